The Hall–Kier alpha value is -3.59. The highest BCUT2D eigenvalue weighted by atomic mass is 16.6. The molecular weight excluding hydrogens is 356 g/mol. The van der Waals surface area contributed by atoms with Gasteiger partial charge in [0.2, 0.25) is 0 Å². The van der Waals surface area contributed by atoms with Gasteiger partial charge in [0, 0.05) is 17.7 Å². The van der Waals surface area contributed by atoms with Gasteiger partial charge in [0.1, 0.15) is 0 Å². The summed E-state index contributed by atoms with van der Waals surface area (Å²) in [6.45, 7) is 8.54. The van der Waals surface area contributed by atoms with Crippen LogP contribution in [0.25, 0.3) is 11.6 Å². The molecule has 2 aromatic rings. The van der Waals surface area contributed by atoms with Crippen LogP contribution in [0.1, 0.15) is 30.5 Å². The SMILES string of the molecule is C=CCc1cc(C=C(C#N)c2cccc([N+](=O)[O-])c2)cc(OCC)c1OCC. The van der Waals surface area contributed by atoms with Crippen molar-refractivity contribution in [1.82, 2.24) is 0 Å². The fourth-order valence-corrected chi connectivity index (χ4v) is 2.78. The highest BCUT2D eigenvalue weighted by Gasteiger charge is 2.14. The van der Waals surface area contributed by atoms with E-state index >= 15 is 0 Å². The van der Waals surface area contributed by atoms with Crippen LogP contribution in [0.4, 0.5) is 5.69 Å². The highest BCUT2D eigenvalue weighted by molar-refractivity contribution is 5.90. The van der Waals surface area contributed by atoms with Gasteiger partial charge in [0.25, 0.3) is 5.69 Å². The number of non-ortho nitro benzene ring substituents is 1. The first-order chi connectivity index (χ1) is 13.5. The lowest BCUT2D eigenvalue weighted by Crippen LogP contribution is -2.02. The largest absolute Gasteiger partial charge is 0.490 e. The van der Waals surface area contributed by atoms with Gasteiger partial charge in [-0.25, -0.2) is 0 Å². The number of hydrogen-bond donors (Lipinski definition) is 0. The molecule has 0 unspecified atom stereocenters. The number of nitrogens with zero attached hydrogens (tertiary/aromatic N) is 2. The maximum absolute atomic E-state index is 11.0. The zero-order valence-corrected chi connectivity index (χ0v) is 16.0. The zero-order valence-electron chi connectivity index (χ0n) is 16.0. The van der Waals surface area contributed by atoms with Crippen LogP contribution in [0, 0.1) is 21.4 Å². The van der Waals surface area contributed by atoms with Gasteiger partial charge in [-0.1, -0.05) is 18.2 Å². The normalized spacial score (nSPS) is 10.8. The van der Waals surface area contributed by atoms with E-state index in [0.29, 0.717) is 42.3 Å². The van der Waals surface area contributed by atoms with Crippen molar-refractivity contribution >= 4 is 17.3 Å². The van der Waals surface area contributed by atoms with Gasteiger partial charge in [0.05, 0.1) is 29.8 Å². The Morgan fingerprint density at radius 1 is 1.25 bits per heavy atom. The summed E-state index contributed by atoms with van der Waals surface area (Å²) < 4.78 is 11.5. The van der Waals surface area contributed by atoms with Crippen LogP contribution in [0.5, 0.6) is 11.5 Å². The third-order valence-corrected chi connectivity index (χ3v) is 3.91. The van der Waals surface area contributed by atoms with Gasteiger partial charge in [-0.05, 0) is 49.6 Å². The second-order valence-corrected chi connectivity index (χ2v) is 5.84. The average Bonchev–Trinajstić information content (AvgIpc) is 2.69. The first-order valence-electron chi connectivity index (χ1n) is 8.94. The Kier molecular flexibility index (Phi) is 7.35. The standard InChI is InChI=1S/C22H22N2O4/c1-4-8-18-11-16(13-21(27-5-2)22(18)28-6-3)12-19(15-23)17-9-7-10-20(14-17)24(25)26/h4,7,9-14H,1,5-6,8H2,2-3H3. The molecule has 0 heterocycles. The number of benzene rings is 2. The third-order valence-electron chi connectivity index (χ3n) is 3.91. The summed E-state index contributed by atoms with van der Waals surface area (Å²) >= 11 is 0. The first-order valence-corrected chi connectivity index (χ1v) is 8.94. The Labute approximate surface area is 164 Å². The van der Waals surface area contributed by atoms with Crippen molar-refractivity contribution in [2.24, 2.45) is 0 Å². The van der Waals surface area contributed by atoms with E-state index in [1.807, 2.05) is 19.9 Å². The van der Waals surface area contributed by atoms with Crippen molar-refractivity contribution in [2.45, 2.75) is 20.3 Å². The van der Waals surface area contributed by atoms with Crippen molar-refractivity contribution < 1.29 is 14.4 Å². The number of nitriles is 1. The van der Waals surface area contributed by atoms with Crippen molar-refractivity contribution in [1.29, 1.82) is 5.26 Å². The fraction of sp³-hybridized carbons (Fsp3) is 0.227. The highest BCUT2D eigenvalue weighted by Crippen LogP contribution is 2.35. The van der Waals surface area contributed by atoms with Gasteiger partial charge in [-0.3, -0.25) is 10.1 Å². The molecule has 0 atom stereocenters. The molecular formula is C22H22N2O4. The minimum absolute atomic E-state index is 0.0623. The molecule has 6 nitrogen and oxygen atoms in total. The molecule has 2 rings (SSSR count). The molecule has 0 saturated heterocycles. The second kappa shape index (κ2) is 9.93. The average molecular weight is 378 g/mol. The summed E-state index contributed by atoms with van der Waals surface area (Å²) in [5, 5.41) is 20.6. The van der Waals surface area contributed by atoms with Gasteiger partial charge in [0.15, 0.2) is 11.5 Å². The summed E-state index contributed by atoms with van der Waals surface area (Å²) in [6.07, 6.45) is 4.03. The second-order valence-electron chi connectivity index (χ2n) is 5.84. The number of ether oxygens (including phenoxy) is 2. The van der Waals surface area contributed by atoms with E-state index in [4.69, 9.17) is 9.47 Å². The number of allylic oxidation sites excluding steroid dienone is 2. The molecule has 2 aromatic carbocycles. The van der Waals surface area contributed by atoms with Crippen LogP contribution in [0.15, 0.2) is 49.1 Å². The molecule has 0 amide bonds. The third kappa shape index (κ3) is 4.98. The van der Waals surface area contributed by atoms with Crippen molar-refractivity contribution in [3.63, 3.8) is 0 Å². The summed E-state index contributed by atoms with van der Waals surface area (Å²) in [6, 6.07) is 11.8. The van der Waals surface area contributed by atoms with Gasteiger partial charge in [-0.2, -0.15) is 5.26 Å². The van der Waals surface area contributed by atoms with Crippen LogP contribution in [-0.2, 0) is 6.42 Å². The van der Waals surface area contributed by atoms with Crippen LogP contribution >= 0.6 is 0 Å². The summed E-state index contributed by atoms with van der Waals surface area (Å²) in [5.74, 6) is 1.25. The Bertz CT molecular complexity index is 942. The number of nitro benzene ring substituents is 1. The van der Waals surface area contributed by atoms with Crippen molar-refractivity contribution in [3.8, 4) is 17.6 Å². The maximum Gasteiger partial charge on any atom is 0.270 e. The summed E-state index contributed by atoms with van der Waals surface area (Å²) in [5.41, 5.74) is 2.37. The molecule has 0 aliphatic heterocycles. The van der Waals surface area contributed by atoms with Crippen LogP contribution in [0.3, 0.4) is 0 Å². The molecule has 0 aliphatic rings. The summed E-state index contributed by atoms with van der Waals surface area (Å²) in [4.78, 5) is 10.5. The molecule has 0 fully saturated rings. The van der Waals surface area contributed by atoms with E-state index in [1.54, 1.807) is 30.4 Å². The van der Waals surface area contributed by atoms with Crippen molar-refractivity contribution in [2.75, 3.05) is 13.2 Å². The van der Waals surface area contributed by atoms with Gasteiger partial charge in [-0.15, -0.1) is 6.58 Å². The summed E-state index contributed by atoms with van der Waals surface area (Å²) in [7, 11) is 0. The topological polar surface area (TPSA) is 85.4 Å². The van der Waals surface area contributed by atoms with Gasteiger partial charge >= 0.3 is 0 Å². The Morgan fingerprint density at radius 2 is 2.00 bits per heavy atom. The van der Waals surface area contributed by atoms with E-state index in [0.717, 1.165) is 11.1 Å². The smallest absolute Gasteiger partial charge is 0.270 e. The Morgan fingerprint density at radius 3 is 2.61 bits per heavy atom. The monoisotopic (exact) mass is 378 g/mol. The molecule has 6 heteroatoms. The predicted molar refractivity (Wildman–Crippen MR) is 109 cm³/mol. The van der Waals surface area contributed by atoms with E-state index in [-0.39, 0.29) is 5.69 Å². The minimum atomic E-state index is -0.481. The van der Waals surface area contributed by atoms with E-state index in [9.17, 15) is 15.4 Å². The lowest BCUT2D eigenvalue weighted by Gasteiger charge is -2.16. The quantitative estimate of drug-likeness (QED) is 0.197. The maximum atomic E-state index is 11.0. The fourth-order valence-electron chi connectivity index (χ4n) is 2.78. The number of rotatable bonds is 9. The van der Waals surface area contributed by atoms with E-state index < -0.39 is 4.92 Å². The lowest BCUT2D eigenvalue weighted by atomic mass is 10.0. The molecule has 0 N–H and O–H groups in total. The van der Waals surface area contributed by atoms with E-state index in [1.165, 1.54) is 12.1 Å². The zero-order chi connectivity index (χ0) is 20.5. The van der Waals surface area contributed by atoms with Crippen LogP contribution < -0.4 is 9.47 Å². The molecule has 0 saturated carbocycles. The molecule has 144 valence electrons. The van der Waals surface area contributed by atoms with Crippen molar-refractivity contribution in [3.05, 3.63) is 75.9 Å². The number of hydrogen-bond acceptors (Lipinski definition) is 5. The Balaban J connectivity index is 2.58. The minimum Gasteiger partial charge on any atom is -0.490 e. The molecule has 0 aromatic heterocycles. The molecule has 0 spiro atoms. The number of nitro groups is 1. The molecule has 0 aliphatic carbocycles. The molecule has 28 heavy (non-hydrogen) atoms. The molecule has 0 radical (unpaired) electrons. The molecule has 0 bridgehead atoms. The van der Waals surface area contributed by atoms with Crippen LogP contribution in [-0.4, -0.2) is 18.1 Å². The first kappa shape index (κ1) is 20.7. The lowest BCUT2D eigenvalue weighted by molar-refractivity contribution is -0.384. The van der Waals surface area contributed by atoms with Crippen LogP contribution in [0.2, 0.25) is 0 Å². The van der Waals surface area contributed by atoms with E-state index in [2.05, 4.69) is 12.6 Å². The predicted octanol–water partition coefficient (Wildman–Crippen LogP) is 5.18. The van der Waals surface area contributed by atoms with Gasteiger partial charge < -0.3 is 9.47 Å².